The molecule has 0 amide bonds. The molecule has 0 bridgehead atoms. The fourth-order valence-corrected chi connectivity index (χ4v) is 2.01. The first-order valence-electron chi connectivity index (χ1n) is 6.16. The predicted molar refractivity (Wildman–Crippen MR) is 71.6 cm³/mol. The van der Waals surface area contributed by atoms with Gasteiger partial charge in [-0.2, -0.15) is 0 Å². The van der Waals surface area contributed by atoms with Crippen molar-refractivity contribution in [2.24, 2.45) is 11.8 Å². The van der Waals surface area contributed by atoms with E-state index in [1.54, 1.807) is 0 Å². The average molecular weight is 244 g/mol. The zero-order chi connectivity index (χ0) is 12.0. The van der Waals surface area contributed by atoms with E-state index in [-0.39, 0.29) is 0 Å². The van der Waals surface area contributed by atoms with Crippen molar-refractivity contribution in [3.63, 3.8) is 0 Å². The van der Waals surface area contributed by atoms with Gasteiger partial charge in [0.25, 0.3) is 0 Å². The van der Waals surface area contributed by atoms with Gasteiger partial charge in [-0.1, -0.05) is 13.8 Å². The van der Waals surface area contributed by atoms with E-state index in [0.29, 0.717) is 11.8 Å². The summed E-state index contributed by atoms with van der Waals surface area (Å²) < 4.78 is 5.47. The van der Waals surface area contributed by atoms with Gasteiger partial charge in [0.1, 0.15) is 0 Å². The van der Waals surface area contributed by atoms with Crippen molar-refractivity contribution in [1.82, 2.24) is 10.2 Å². The number of hydrogen-bond donors (Lipinski definition) is 1. The minimum Gasteiger partial charge on any atom is -0.381 e. The summed E-state index contributed by atoms with van der Waals surface area (Å²) in [5, 5.41) is 4.15. The van der Waals surface area contributed by atoms with Crippen molar-refractivity contribution < 1.29 is 4.74 Å². The molecule has 1 saturated heterocycles. The van der Waals surface area contributed by atoms with Crippen LogP contribution in [0.15, 0.2) is 0 Å². The van der Waals surface area contributed by atoms with Crippen molar-refractivity contribution in [3.8, 4) is 0 Å². The van der Waals surface area contributed by atoms with Gasteiger partial charge in [-0.25, -0.2) is 0 Å². The molecule has 0 radical (unpaired) electrons. The first-order valence-corrected chi connectivity index (χ1v) is 6.57. The summed E-state index contributed by atoms with van der Waals surface area (Å²) in [6, 6.07) is 0. The zero-order valence-electron chi connectivity index (χ0n) is 10.7. The molecule has 1 unspecified atom stereocenters. The van der Waals surface area contributed by atoms with Crippen LogP contribution in [-0.2, 0) is 4.74 Å². The lowest BCUT2D eigenvalue weighted by Gasteiger charge is -2.29. The number of nitrogens with zero attached hydrogens (tertiary/aromatic N) is 1. The molecule has 0 aliphatic carbocycles. The van der Waals surface area contributed by atoms with Crippen molar-refractivity contribution >= 4 is 17.3 Å². The lowest BCUT2D eigenvalue weighted by molar-refractivity contribution is 0.0485. The Labute approximate surface area is 105 Å². The maximum absolute atomic E-state index is 5.47. The van der Waals surface area contributed by atoms with E-state index < -0.39 is 0 Å². The quantitative estimate of drug-likeness (QED) is 0.763. The lowest BCUT2D eigenvalue weighted by atomic mass is 10.0. The van der Waals surface area contributed by atoms with E-state index in [1.165, 1.54) is 12.8 Å². The predicted octanol–water partition coefficient (Wildman–Crippen LogP) is 1.88. The summed E-state index contributed by atoms with van der Waals surface area (Å²) in [5.74, 6) is 1.27. The summed E-state index contributed by atoms with van der Waals surface area (Å²) in [4.78, 5) is 2.14. The summed E-state index contributed by atoms with van der Waals surface area (Å²) in [6.45, 7) is 8.14. The number of nitrogens with one attached hydrogen (secondary N) is 1. The van der Waals surface area contributed by atoms with E-state index >= 15 is 0 Å². The van der Waals surface area contributed by atoms with Crippen LogP contribution in [0, 0.1) is 11.8 Å². The SMILES string of the molecule is CC(C)CNC(=S)N(C)CC1CCCOC1. The van der Waals surface area contributed by atoms with E-state index in [4.69, 9.17) is 17.0 Å². The van der Waals surface area contributed by atoms with Crippen LogP contribution in [0.1, 0.15) is 26.7 Å². The Hall–Kier alpha value is -0.350. The highest BCUT2D eigenvalue weighted by molar-refractivity contribution is 7.80. The van der Waals surface area contributed by atoms with E-state index in [0.717, 1.165) is 31.4 Å². The van der Waals surface area contributed by atoms with E-state index in [2.05, 4.69) is 31.1 Å². The Balaban J connectivity index is 2.21. The molecule has 0 aromatic heterocycles. The van der Waals surface area contributed by atoms with Gasteiger partial charge in [-0.15, -0.1) is 0 Å². The molecule has 1 aliphatic heterocycles. The molecule has 16 heavy (non-hydrogen) atoms. The second-order valence-electron chi connectivity index (χ2n) is 5.04. The van der Waals surface area contributed by atoms with Gasteiger partial charge in [0.2, 0.25) is 0 Å². The van der Waals surface area contributed by atoms with Crippen LogP contribution in [0.2, 0.25) is 0 Å². The molecule has 4 heteroatoms. The molecule has 1 aliphatic rings. The Morgan fingerprint density at radius 1 is 1.56 bits per heavy atom. The molecular weight excluding hydrogens is 220 g/mol. The third kappa shape index (κ3) is 5.12. The highest BCUT2D eigenvalue weighted by atomic mass is 32.1. The molecule has 1 fully saturated rings. The summed E-state index contributed by atoms with van der Waals surface area (Å²) >= 11 is 5.34. The van der Waals surface area contributed by atoms with Crippen LogP contribution >= 0.6 is 12.2 Å². The largest absolute Gasteiger partial charge is 0.381 e. The van der Waals surface area contributed by atoms with E-state index in [9.17, 15) is 0 Å². The summed E-state index contributed by atoms with van der Waals surface area (Å²) in [6.07, 6.45) is 2.45. The second kappa shape index (κ2) is 7.07. The van der Waals surface area contributed by atoms with Crippen LogP contribution in [0.3, 0.4) is 0 Å². The van der Waals surface area contributed by atoms with Crippen molar-refractivity contribution in [2.75, 3.05) is 33.4 Å². The third-order valence-electron chi connectivity index (χ3n) is 2.79. The van der Waals surface area contributed by atoms with Crippen LogP contribution in [0.4, 0.5) is 0 Å². The monoisotopic (exact) mass is 244 g/mol. The Morgan fingerprint density at radius 3 is 2.88 bits per heavy atom. The lowest BCUT2D eigenvalue weighted by Crippen LogP contribution is -2.42. The molecular formula is C12H24N2OS. The zero-order valence-corrected chi connectivity index (χ0v) is 11.5. The van der Waals surface area contributed by atoms with Crippen LogP contribution in [0.25, 0.3) is 0 Å². The van der Waals surface area contributed by atoms with Gasteiger partial charge in [0, 0.05) is 26.7 Å². The number of ether oxygens (including phenoxy) is 1. The highest BCUT2D eigenvalue weighted by Crippen LogP contribution is 2.14. The minimum absolute atomic E-state index is 0.629. The van der Waals surface area contributed by atoms with Crippen molar-refractivity contribution in [1.29, 1.82) is 0 Å². The van der Waals surface area contributed by atoms with Gasteiger partial charge in [-0.3, -0.25) is 0 Å². The molecule has 0 saturated carbocycles. The molecule has 1 rings (SSSR count). The number of thiocarbonyl (C=S) groups is 1. The first kappa shape index (κ1) is 13.7. The molecule has 94 valence electrons. The van der Waals surface area contributed by atoms with Crippen molar-refractivity contribution in [2.45, 2.75) is 26.7 Å². The fourth-order valence-electron chi connectivity index (χ4n) is 1.85. The standard InChI is InChI=1S/C12H24N2OS/c1-10(2)7-13-12(16)14(3)8-11-5-4-6-15-9-11/h10-11H,4-9H2,1-3H3,(H,13,16). The minimum atomic E-state index is 0.629. The van der Waals surface area contributed by atoms with Crippen LogP contribution in [-0.4, -0.2) is 43.4 Å². The normalized spacial score (nSPS) is 20.9. The number of hydrogen-bond acceptors (Lipinski definition) is 2. The fraction of sp³-hybridized carbons (Fsp3) is 0.917. The van der Waals surface area contributed by atoms with Gasteiger partial charge in [0.05, 0.1) is 6.61 Å². The molecule has 0 aromatic carbocycles. The molecule has 1 heterocycles. The van der Waals surface area contributed by atoms with E-state index in [1.807, 2.05) is 0 Å². The van der Waals surface area contributed by atoms with Crippen LogP contribution in [0.5, 0.6) is 0 Å². The number of rotatable bonds is 4. The van der Waals surface area contributed by atoms with Crippen LogP contribution < -0.4 is 5.32 Å². The van der Waals surface area contributed by atoms with Gasteiger partial charge in [-0.05, 0) is 36.9 Å². The topological polar surface area (TPSA) is 24.5 Å². The second-order valence-corrected chi connectivity index (χ2v) is 5.43. The maximum Gasteiger partial charge on any atom is 0.168 e. The molecule has 1 atom stereocenters. The first-order chi connectivity index (χ1) is 7.59. The summed E-state index contributed by atoms with van der Waals surface area (Å²) in [7, 11) is 2.06. The molecule has 1 N–H and O–H groups in total. The van der Waals surface area contributed by atoms with Gasteiger partial charge in [0.15, 0.2) is 5.11 Å². The maximum atomic E-state index is 5.47. The Morgan fingerprint density at radius 2 is 2.31 bits per heavy atom. The Bertz CT molecular complexity index is 215. The smallest absolute Gasteiger partial charge is 0.168 e. The third-order valence-corrected chi connectivity index (χ3v) is 3.25. The molecule has 3 nitrogen and oxygen atoms in total. The van der Waals surface area contributed by atoms with Crippen molar-refractivity contribution in [3.05, 3.63) is 0 Å². The molecule has 0 spiro atoms. The summed E-state index contributed by atoms with van der Waals surface area (Å²) in [5.41, 5.74) is 0. The molecule has 0 aromatic rings. The van der Waals surface area contributed by atoms with Gasteiger partial charge < -0.3 is 15.0 Å². The highest BCUT2D eigenvalue weighted by Gasteiger charge is 2.17. The van der Waals surface area contributed by atoms with Gasteiger partial charge >= 0.3 is 0 Å². The average Bonchev–Trinajstić information content (AvgIpc) is 2.27. The Kier molecular flexibility index (Phi) is 6.06.